The second-order valence-electron chi connectivity index (χ2n) is 6.01. The second-order valence-corrected chi connectivity index (χ2v) is 6.01. The molecule has 0 aliphatic carbocycles. The zero-order valence-electron chi connectivity index (χ0n) is 13.8. The predicted octanol–water partition coefficient (Wildman–Crippen LogP) is 2.68. The molecule has 0 N–H and O–H groups in total. The summed E-state index contributed by atoms with van der Waals surface area (Å²) in [6.07, 6.45) is 4.63. The van der Waals surface area contributed by atoms with Crippen molar-refractivity contribution in [2.75, 3.05) is 27.2 Å². The van der Waals surface area contributed by atoms with E-state index in [2.05, 4.69) is 0 Å². The molecular weight excluding hydrogens is 292 g/mol. The summed E-state index contributed by atoms with van der Waals surface area (Å²) in [6, 6.07) is 9.59. The molecule has 23 heavy (non-hydrogen) atoms. The molecular formula is C18H24N2O3. The zero-order chi connectivity index (χ0) is 16.7. The number of likely N-dealkylation sites (tertiary alicyclic amines) is 1. The van der Waals surface area contributed by atoms with E-state index in [1.54, 1.807) is 17.2 Å². The molecule has 1 aromatic carbocycles. The molecule has 1 aliphatic rings. The van der Waals surface area contributed by atoms with E-state index in [9.17, 15) is 9.59 Å². The fraction of sp³-hybridized carbons (Fsp3) is 0.444. The van der Waals surface area contributed by atoms with E-state index in [1.807, 2.05) is 49.3 Å². The van der Waals surface area contributed by atoms with Crippen molar-refractivity contribution in [1.82, 2.24) is 9.80 Å². The minimum atomic E-state index is -0.344. The van der Waals surface area contributed by atoms with Gasteiger partial charge in [0.25, 0.3) is 0 Å². The van der Waals surface area contributed by atoms with Crippen LogP contribution in [0.15, 0.2) is 42.6 Å². The Bertz CT molecular complexity index is 555. The number of amides is 1. The number of piperidine rings is 1. The molecule has 1 heterocycles. The SMILES string of the molecule is CN(C)C=CC(=O)C1CCCN(C(=O)OCc2ccccc2)C1. The monoisotopic (exact) mass is 316 g/mol. The number of ether oxygens (including phenoxy) is 1. The topological polar surface area (TPSA) is 49.9 Å². The normalized spacial score (nSPS) is 18.0. The van der Waals surface area contributed by atoms with Crippen molar-refractivity contribution in [2.45, 2.75) is 19.4 Å². The Hall–Kier alpha value is -2.30. The van der Waals surface area contributed by atoms with Crippen molar-refractivity contribution in [1.29, 1.82) is 0 Å². The van der Waals surface area contributed by atoms with Gasteiger partial charge in [0, 0.05) is 39.3 Å². The lowest BCUT2D eigenvalue weighted by molar-refractivity contribution is -0.119. The van der Waals surface area contributed by atoms with Gasteiger partial charge in [0.15, 0.2) is 5.78 Å². The number of ketones is 1. The third kappa shape index (κ3) is 5.43. The van der Waals surface area contributed by atoms with Gasteiger partial charge in [-0.05, 0) is 24.5 Å². The fourth-order valence-corrected chi connectivity index (χ4v) is 2.54. The highest BCUT2D eigenvalue weighted by Crippen LogP contribution is 2.19. The lowest BCUT2D eigenvalue weighted by Gasteiger charge is -2.30. The maximum absolute atomic E-state index is 12.2. The summed E-state index contributed by atoms with van der Waals surface area (Å²) in [7, 11) is 3.75. The summed E-state index contributed by atoms with van der Waals surface area (Å²) in [6.45, 7) is 1.34. The number of benzene rings is 1. The van der Waals surface area contributed by atoms with E-state index >= 15 is 0 Å². The van der Waals surface area contributed by atoms with Gasteiger partial charge in [0.05, 0.1) is 0 Å². The van der Waals surface area contributed by atoms with Crippen LogP contribution in [0.4, 0.5) is 4.79 Å². The molecule has 1 unspecified atom stereocenters. The first kappa shape index (κ1) is 17.1. The van der Waals surface area contributed by atoms with E-state index in [-0.39, 0.29) is 24.4 Å². The first-order chi connectivity index (χ1) is 11.1. The van der Waals surface area contributed by atoms with E-state index < -0.39 is 0 Å². The van der Waals surface area contributed by atoms with E-state index in [1.165, 1.54) is 0 Å². The highest BCUT2D eigenvalue weighted by Gasteiger charge is 2.28. The van der Waals surface area contributed by atoms with Gasteiger partial charge in [-0.15, -0.1) is 0 Å². The summed E-state index contributed by atoms with van der Waals surface area (Å²) in [5, 5.41) is 0. The zero-order valence-corrected chi connectivity index (χ0v) is 13.8. The van der Waals surface area contributed by atoms with Crippen LogP contribution in [0.2, 0.25) is 0 Å². The van der Waals surface area contributed by atoms with Crippen molar-refractivity contribution >= 4 is 11.9 Å². The summed E-state index contributed by atoms with van der Waals surface area (Å²) in [5.74, 6) is -0.0662. The molecule has 1 amide bonds. The molecule has 5 heteroatoms. The van der Waals surface area contributed by atoms with Crippen LogP contribution >= 0.6 is 0 Å². The van der Waals surface area contributed by atoms with Crippen LogP contribution in [0.1, 0.15) is 18.4 Å². The van der Waals surface area contributed by atoms with Crippen LogP contribution < -0.4 is 0 Å². The molecule has 0 spiro atoms. The lowest BCUT2D eigenvalue weighted by Crippen LogP contribution is -2.42. The number of hydrogen-bond donors (Lipinski definition) is 0. The highest BCUT2D eigenvalue weighted by molar-refractivity contribution is 5.92. The second kappa shape index (κ2) is 8.36. The van der Waals surface area contributed by atoms with Gasteiger partial charge in [-0.25, -0.2) is 4.79 Å². The van der Waals surface area contributed by atoms with Gasteiger partial charge >= 0.3 is 6.09 Å². The Kier molecular flexibility index (Phi) is 6.20. The molecule has 0 bridgehead atoms. The Balaban J connectivity index is 1.85. The first-order valence-corrected chi connectivity index (χ1v) is 7.90. The molecule has 1 atom stereocenters. The number of rotatable bonds is 5. The molecule has 0 radical (unpaired) electrons. The lowest BCUT2D eigenvalue weighted by atomic mass is 9.94. The van der Waals surface area contributed by atoms with Gasteiger partial charge in [-0.1, -0.05) is 30.3 Å². The van der Waals surface area contributed by atoms with Crippen LogP contribution in [0.25, 0.3) is 0 Å². The molecule has 5 nitrogen and oxygen atoms in total. The van der Waals surface area contributed by atoms with E-state index in [4.69, 9.17) is 4.74 Å². The van der Waals surface area contributed by atoms with Gasteiger partial charge < -0.3 is 14.5 Å². The number of nitrogens with zero attached hydrogens (tertiary/aromatic N) is 2. The van der Waals surface area contributed by atoms with Crippen molar-refractivity contribution in [3.63, 3.8) is 0 Å². The molecule has 124 valence electrons. The quantitative estimate of drug-likeness (QED) is 0.784. The minimum Gasteiger partial charge on any atom is -0.445 e. The van der Waals surface area contributed by atoms with Crippen LogP contribution in [0.3, 0.4) is 0 Å². The third-order valence-corrected chi connectivity index (χ3v) is 3.82. The van der Waals surface area contributed by atoms with Crippen molar-refractivity contribution in [2.24, 2.45) is 5.92 Å². The predicted molar refractivity (Wildman–Crippen MR) is 88.8 cm³/mol. The minimum absolute atomic E-state index is 0.0688. The summed E-state index contributed by atoms with van der Waals surface area (Å²) in [4.78, 5) is 27.8. The highest BCUT2D eigenvalue weighted by atomic mass is 16.6. The standard InChI is InChI=1S/C18H24N2O3/c1-19(2)12-10-17(21)16-9-6-11-20(13-16)18(22)23-14-15-7-4-3-5-8-15/h3-5,7-8,10,12,16H,6,9,11,13-14H2,1-2H3. The molecule has 1 saturated heterocycles. The van der Waals surface area contributed by atoms with Crippen LogP contribution in [-0.2, 0) is 16.1 Å². The van der Waals surface area contributed by atoms with Crippen LogP contribution in [0, 0.1) is 5.92 Å². The Morgan fingerprint density at radius 1 is 1.30 bits per heavy atom. The molecule has 0 aromatic heterocycles. The molecule has 2 rings (SSSR count). The average molecular weight is 316 g/mol. The molecule has 0 saturated carbocycles. The smallest absolute Gasteiger partial charge is 0.410 e. The number of hydrogen-bond acceptors (Lipinski definition) is 4. The van der Waals surface area contributed by atoms with Crippen molar-refractivity contribution in [3.05, 3.63) is 48.2 Å². The van der Waals surface area contributed by atoms with Crippen molar-refractivity contribution in [3.8, 4) is 0 Å². The first-order valence-electron chi connectivity index (χ1n) is 7.90. The van der Waals surface area contributed by atoms with Gasteiger partial charge in [0.2, 0.25) is 0 Å². The summed E-state index contributed by atoms with van der Waals surface area (Å²) < 4.78 is 5.34. The van der Waals surface area contributed by atoms with E-state index in [0.29, 0.717) is 13.1 Å². The van der Waals surface area contributed by atoms with Gasteiger partial charge in [-0.2, -0.15) is 0 Å². The largest absolute Gasteiger partial charge is 0.445 e. The van der Waals surface area contributed by atoms with Crippen LogP contribution in [-0.4, -0.2) is 48.9 Å². The maximum atomic E-state index is 12.2. The van der Waals surface area contributed by atoms with Gasteiger partial charge in [0.1, 0.15) is 6.61 Å². The molecule has 1 fully saturated rings. The third-order valence-electron chi connectivity index (χ3n) is 3.82. The number of carbonyl (C=O) groups excluding carboxylic acids is 2. The maximum Gasteiger partial charge on any atom is 0.410 e. The molecule has 1 aromatic rings. The Morgan fingerprint density at radius 3 is 2.74 bits per heavy atom. The average Bonchev–Trinajstić information content (AvgIpc) is 2.58. The van der Waals surface area contributed by atoms with Crippen LogP contribution in [0.5, 0.6) is 0 Å². The summed E-state index contributed by atoms with van der Waals surface area (Å²) >= 11 is 0. The number of carbonyl (C=O) groups is 2. The fourth-order valence-electron chi connectivity index (χ4n) is 2.54. The molecule has 1 aliphatic heterocycles. The van der Waals surface area contributed by atoms with E-state index in [0.717, 1.165) is 18.4 Å². The Morgan fingerprint density at radius 2 is 2.04 bits per heavy atom. The van der Waals surface area contributed by atoms with Gasteiger partial charge in [-0.3, -0.25) is 4.79 Å². The van der Waals surface area contributed by atoms with Crippen molar-refractivity contribution < 1.29 is 14.3 Å². The summed E-state index contributed by atoms with van der Waals surface area (Å²) in [5.41, 5.74) is 0.958. The Labute approximate surface area is 137 Å². The number of allylic oxidation sites excluding steroid dienone is 1.